The van der Waals surface area contributed by atoms with Crippen LogP contribution in [0.2, 0.25) is 0 Å². The summed E-state index contributed by atoms with van der Waals surface area (Å²) in [6.45, 7) is 0. The van der Waals surface area contributed by atoms with Gasteiger partial charge in [0.05, 0.1) is 0 Å². The molecule has 4 nitrogen and oxygen atoms in total. The van der Waals surface area contributed by atoms with Crippen molar-refractivity contribution < 1.29 is 4.42 Å². The van der Waals surface area contributed by atoms with Gasteiger partial charge in [0.1, 0.15) is 11.2 Å². The minimum Gasteiger partial charge on any atom is -0.456 e. The second kappa shape index (κ2) is 11.7. The monoisotopic (exact) mass is 675 g/mol. The molecular formula is C49H29N3O. The summed E-state index contributed by atoms with van der Waals surface area (Å²) in [6.07, 6.45) is 0. The fraction of sp³-hybridized carbons (Fsp3) is 0. The van der Waals surface area contributed by atoms with E-state index in [1.54, 1.807) is 0 Å². The molecule has 0 saturated carbocycles. The first-order valence-electron chi connectivity index (χ1n) is 17.8. The number of benzene rings is 9. The summed E-state index contributed by atoms with van der Waals surface area (Å²) in [5.74, 6) is 1.88. The zero-order valence-electron chi connectivity index (χ0n) is 28.5. The van der Waals surface area contributed by atoms with Gasteiger partial charge >= 0.3 is 0 Å². The summed E-state index contributed by atoms with van der Waals surface area (Å²) in [7, 11) is 0. The maximum Gasteiger partial charge on any atom is 0.164 e. The van der Waals surface area contributed by atoms with Gasteiger partial charge in [-0.05, 0) is 96.7 Å². The van der Waals surface area contributed by atoms with Gasteiger partial charge in [-0.1, -0.05) is 133 Å². The van der Waals surface area contributed by atoms with E-state index in [2.05, 4.69) is 158 Å². The minimum atomic E-state index is 0.620. The summed E-state index contributed by atoms with van der Waals surface area (Å²) < 4.78 is 6.25. The summed E-state index contributed by atoms with van der Waals surface area (Å²) in [4.78, 5) is 15.4. The topological polar surface area (TPSA) is 51.8 Å². The standard InChI is InChI=1S/C49H29N3O/c1-2-8-30(9-3-1)33-17-18-35-25-37(22-19-34(35)24-33)47-50-48(38-23-20-36-27-44-42-12-6-7-13-45(42)53-46(44)29-40(36)26-38)52-49(51-47)39-21-16-32-15-14-31-10-4-5-11-41(31)43(32)28-39/h1-29H. The van der Waals surface area contributed by atoms with Crippen LogP contribution in [0.5, 0.6) is 0 Å². The van der Waals surface area contributed by atoms with Crippen molar-refractivity contribution in [3.05, 3.63) is 176 Å². The third-order valence-electron chi connectivity index (χ3n) is 10.4. The third-order valence-corrected chi connectivity index (χ3v) is 10.4. The van der Waals surface area contributed by atoms with Crippen LogP contribution in [0.4, 0.5) is 0 Å². The molecule has 11 aromatic rings. The average molecular weight is 676 g/mol. The summed E-state index contributed by atoms with van der Waals surface area (Å²) in [5.41, 5.74) is 6.93. The summed E-state index contributed by atoms with van der Waals surface area (Å²) in [6, 6.07) is 61.8. The van der Waals surface area contributed by atoms with Gasteiger partial charge < -0.3 is 4.42 Å². The molecule has 0 aliphatic carbocycles. The van der Waals surface area contributed by atoms with Crippen LogP contribution >= 0.6 is 0 Å². The Morgan fingerprint density at radius 3 is 1.51 bits per heavy atom. The second-order valence-electron chi connectivity index (χ2n) is 13.7. The first-order valence-corrected chi connectivity index (χ1v) is 17.8. The van der Waals surface area contributed by atoms with Gasteiger partial charge in [-0.15, -0.1) is 0 Å². The molecule has 0 aliphatic rings. The zero-order chi connectivity index (χ0) is 34.9. The molecule has 0 aliphatic heterocycles. The molecule has 0 amide bonds. The van der Waals surface area contributed by atoms with Gasteiger partial charge in [0.25, 0.3) is 0 Å². The van der Waals surface area contributed by atoms with Gasteiger partial charge in [0.15, 0.2) is 17.5 Å². The lowest BCUT2D eigenvalue weighted by Crippen LogP contribution is -2.00. The van der Waals surface area contributed by atoms with Crippen LogP contribution in [0, 0.1) is 0 Å². The van der Waals surface area contributed by atoms with Crippen molar-refractivity contribution in [2.45, 2.75) is 0 Å². The van der Waals surface area contributed by atoms with Crippen LogP contribution in [0.25, 0.3) is 110 Å². The van der Waals surface area contributed by atoms with Crippen LogP contribution in [-0.4, -0.2) is 15.0 Å². The van der Waals surface area contributed by atoms with Gasteiger partial charge in [-0.2, -0.15) is 0 Å². The number of furan rings is 1. The lowest BCUT2D eigenvalue weighted by molar-refractivity contribution is 0.669. The molecule has 53 heavy (non-hydrogen) atoms. The van der Waals surface area contributed by atoms with Gasteiger partial charge in [0.2, 0.25) is 0 Å². The number of aromatic nitrogens is 3. The van der Waals surface area contributed by atoms with Gasteiger partial charge in [-0.25, -0.2) is 15.0 Å². The Bertz CT molecular complexity index is 3240. The molecule has 0 N–H and O–H groups in total. The fourth-order valence-corrected chi connectivity index (χ4v) is 7.71. The number of rotatable bonds is 4. The van der Waals surface area contributed by atoms with Crippen molar-refractivity contribution in [3.63, 3.8) is 0 Å². The van der Waals surface area contributed by atoms with Crippen LogP contribution in [-0.2, 0) is 0 Å². The van der Waals surface area contributed by atoms with E-state index in [9.17, 15) is 0 Å². The summed E-state index contributed by atoms with van der Waals surface area (Å²) >= 11 is 0. The predicted molar refractivity (Wildman–Crippen MR) is 219 cm³/mol. The van der Waals surface area contributed by atoms with Crippen LogP contribution in [0.3, 0.4) is 0 Å². The molecule has 0 atom stereocenters. The van der Waals surface area contributed by atoms with E-state index < -0.39 is 0 Å². The van der Waals surface area contributed by atoms with Crippen LogP contribution < -0.4 is 0 Å². The fourth-order valence-electron chi connectivity index (χ4n) is 7.71. The van der Waals surface area contributed by atoms with E-state index in [0.717, 1.165) is 60.2 Å². The smallest absolute Gasteiger partial charge is 0.164 e. The van der Waals surface area contributed by atoms with Gasteiger partial charge in [-0.3, -0.25) is 0 Å². The highest BCUT2D eigenvalue weighted by Crippen LogP contribution is 2.35. The number of nitrogens with zero attached hydrogens (tertiary/aromatic N) is 3. The largest absolute Gasteiger partial charge is 0.456 e. The van der Waals surface area contributed by atoms with Crippen LogP contribution in [0.1, 0.15) is 0 Å². The Hall–Kier alpha value is -7.17. The maximum absolute atomic E-state index is 6.25. The molecule has 2 heterocycles. The molecule has 0 bridgehead atoms. The van der Waals surface area contributed by atoms with E-state index in [4.69, 9.17) is 19.4 Å². The van der Waals surface area contributed by atoms with E-state index in [1.165, 1.54) is 32.7 Å². The van der Waals surface area contributed by atoms with Crippen molar-refractivity contribution in [3.8, 4) is 45.3 Å². The molecule has 11 rings (SSSR count). The average Bonchev–Trinajstić information content (AvgIpc) is 3.59. The highest BCUT2D eigenvalue weighted by molar-refractivity contribution is 6.11. The molecule has 9 aromatic carbocycles. The minimum absolute atomic E-state index is 0.620. The Morgan fingerprint density at radius 1 is 0.264 bits per heavy atom. The van der Waals surface area contributed by atoms with Crippen molar-refractivity contribution in [2.75, 3.05) is 0 Å². The number of hydrogen-bond acceptors (Lipinski definition) is 4. The second-order valence-corrected chi connectivity index (χ2v) is 13.7. The van der Waals surface area contributed by atoms with E-state index in [0.29, 0.717) is 17.5 Å². The molecule has 0 fully saturated rings. The molecule has 0 radical (unpaired) electrons. The first-order chi connectivity index (χ1) is 26.2. The lowest BCUT2D eigenvalue weighted by Gasteiger charge is -2.11. The van der Waals surface area contributed by atoms with E-state index in [-0.39, 0.29) is 0 Å². The Balaban J connectivity index is 1.08. The quantitative estimate of drug-likeness (QED) is 0.174. The molecule has 0 spiro atoms. The predicted octanol–water partition coefficient (Wildman–Crippen LogP) is 13.1. The first kappa shape index (κ1) is 29.5. The van der Waals surface area contributed by atoms with Crippen molar-refractivity contribution in [1.29, 1.82) is 0 Å². The third kappa shape index (κ3) is 5.03. The summed E-state index contributed by atoms with van der Waals surface area (Å²) in [5, 5.41) is 11.5. The lowest BCUT2D eigenvalue weighted by atomic mass is 9.99. The molecular weight excluding hydrogens is 647 g/mol. The number of hydrogen-bond donors (Lipinski definition) is 0. The van der Waals surface area contributed by atoms with Crippen molar-refractivity contribution in [1.82, 2.24) is 15.0 Å². The molecule has 2 aromatic heterocycles. The number of para-hydroxylation sites is 1. The maximum atomic E-state index is 6.25. The normalized spacial score (nSPS) is 11.8. The van der Waals surface area contributed by atoms with Crippen molar-refractivity contribution in [2.24, 2.45) is 0 Å². The SMILES string of the molecule is c1ccc(-c2ccc3cc(-c4nc(-c5ccc6cc7c(cc6c5)oc5ccccc57)nc(-c5ccc6ccc7ccccc7c6c5)n4)ccc3c2)cc1. The Kier molecular flexibility index (Phi) is 6.52. The van der Waals surface area contributed by atoms with Crippen LogP contribution in [0.15, 0.2) is 180 Å². The van der Waals surface area contributed by atoms with Gasteiger partial charge in [0, 0.05) is 27.5 Å². The Labute approximate surface area is 304 Å². The zero-order valence-corrected chi connectivity index (χ0v) is 28.5. The molecule has 4 heteroatoms. The van der Waals surface area contributed by atoms with E-state index >= 15 is 0 Å². The molecule has 246 valence electrons. The number of fused-ring (bicyclic) bond motifs is 8. The highest BCUT2D eigenvalue weighted by Gasteiger charge is 2.16. The Morgan fingerprint density at radius 2 is 0.774 bits per heavy atom. The molecule has 0 saturated heterocycles. The highest BCUT2D eigenvalue weighted by atomic mass is 16.3. The van der Waals surface area contributed by atoms with E-state index in [1.807, 2.05) is 18.2 Å². The molecule has 0 unspecified atom stereocenters. The van der Waals surface area contributed by atoms with Crippen molar-refractivity contribution >= 4 is 65.0 Å².